The maximum absolute atomic E-state index is 12.8. The van der Waals surface area contributed by atoms with Gasteiger partial charge in [0.2, 0.25) is 11.8 Å². The minimum atomic E-state index is -0.530. The number of benzene rings is 1. The van der Waals surface area contributed by atoms with Crippen molar-refractivity contribution in [2.24, 2.45) is 0 Å². The molecule has 0 unspecified atom stereocenters. The van der Waals surface area contributed by atoms with Crippen LogP contribution in [0.5, 0.6) is 0 Å². The Bertz CT molecular complexity index is 752. The molecule has 2 heterocycles. The number of morpholine rings is 1. The van der Waals surface area contributed by atoms with Crippen LogP contribution < -0.4 is 4.90 Å². The van der Waals surface area contributed by atoms with Gasteiger partial charge in [-0.15, -0.1) is 0 Å². The summed E-state index contributed by atoms with van der Waals surface area (Å²) in [6.45, 7) is 5.35. The predicted molar refractivity (Wildman–Crippen MR) is 109 cm³/mol. The van der Waals surface area contributed by atoms with Gasteiger partial charge in [0.05, 0.1) is 27.9 Å². The van der Waals surface area contributed by atoms with Gasteiger partial charge >= 0.3 is 0 Å². The Hall–Kier alpha value is -0.860. The number of rotatable bonds is 2. The van der Waals surface area contributed by atoms with Gasteiger partial charge in [0.15, 0.2) is 0 Å². The van der Waals surface area contributed by atoms with Gasteiger partial charge in [0, 0.05) is 19.5 Å². The number of nitrogens with zero attached hydrogens (tertiary/aromatic N) is 2. The topological polar surface area (TPSA) is 49.9 Å². The van der Waals surface area contributed by atoms with E-state index in [9.17, 15) is 9.59 Å². The fourth-order valence-corrected chi connectivity index (χ4v) is 4.88. The molecule has 1 aromatic rings. The molecule has 140 valence electrons. The lowest BCUT2D eigenvalue weighted by atomic mass is 10.2. The fourth-order valence-electron chi connectivity index (χ4n) is 3.11. The fraction of sp³-hybridized carbons (Fsp3) is 0.471. The van der Waals surface area contributed by atoms with Gasteiger partial charge in [-0.1, -0.05) is 47.2 Å². The summed E-state index contributed by atoms with van der Waals surface area (Å²) in [5.41, 5.74) is 0.428. The molecule has 0 saturated carbocycles. The number of thiocarbonyl (C=S) groups is 1. The zero-order chi connectivity index (χ0) is 19.0. The Kier molecular flexibility index (Phi) is 6.14. The highest BCUT2D eigenvalue weighted by molar-refractivity contribution is 8.23. The van der Waals surface area contributed by atoms with Crippen LogP contribution in [-0.2, 0) is 14.3 Å². The third-order valence-electron chi connectivity index (χ3n) is 4.19. The van der Waals surface area contributed by atoms with Crippen molar-refractivity contribution < 1.29 is 14.3 Å². The molecular weight excluding hydrogens is 415 g/mol. The summed E-state index contributed by atoms with van der Waals surface area (Å²) in [7, 11) is 0. The number of halogens is 2. The molecule has 0 spiro atoms. The standard InChI is InChI=1S/C17H18Cl2N2O3S2/c1-9-7-20(8-10(2)24-9)17(25)26-14-6-15(22)21(16(14)23)11-3-4-12(18)13(19)5-11/h3-5,9-10,14H,6-8H2,1-2H3/t9-,10-,14+/m1/s1. The van der Waals surface area contributed by atoms with E-state index in [1.54, 1.807) is 12.1 Å². The molecule has 2 fully saturated rings. The monoisotopic (exact) mass is 432 g/mol. The van der Waals surface area contributed by atoms with Gasteiger partial charge in [-0.3, -0.25) is 9.59 Å². The average molecular weight is 433 g/mol. The molecular formula is C17H18Cl2N2O3S2. The number of carbonyl (C=O) groups is 2. The molecule has 0 N–H and O–H groups in total. The van der Waals surface area contributed by atoms with Gasteiger partial charge in [-0.25, -0.2) is 4.90 Å². The van der Waals surface area contributed by atoms with E-state index in [-0.39, 0.29) is 30.4 Å². The average Bonchev–Trinajstić information content (AvgIpc) is 2.83. The van der Waals surface area contributed by atoms with Crippen LogP contribution in [0.15, 0.2) is 18.2 Å². The SMILES string of the molecule is C[C@@H]1CN(C(=S)S[C@H]2CC(=O)N(c3ccc(Cl)c(Cl)c3)C2=O)C[C@@H](C)O1. The van der Waals surface area contributed by atoms with E-state index in [0.29, 0.717) is 33.1 Å². The predicted octanol–water partition coefficient (Wildman–Crippen LogP) is 3.75. The van der Waals surface area contributed by atoms with E-state index in [1.165, 1.54) is 17.8 Å². The van der Waals surface area contributed by atoms with Crippen LogP contribution in [0.3, 0.4) is 0 Å². The first-order valence-corrected chi connectivity index (χ1v) is 10.2. The van der Waals surface area contributed by atoms with E-state index >= 15 is 0 Å². The van der Waals surface area contributed by atoms with Gasteiger partial charge in [0.1, 0.15) is 9.57 Å². The van der Waals surface area contributed by atoms with E-state index in [0.717, 1.165) is 4.90 Å². The number of ether oxygens (including phenoxy) is 1. The molecule has 3 rings (SSSR count). The first kappa shape index (κ1) is 19.9. The molecule has 26 heavy (non-hydrogen) atoms. The molecule has 1 aromatic carbocycles. The van der Waals surface area contributed by atoms with E-state index in [4.69, 9.17) is 40.2 Å². The van der Waals surface area contributed by atoms with Crippen molar-refractivity contribution in [2.75, 3.05) is 18.0 Å². The summed E-state index contributed by atoms with van der Waals surface area (Å²) in [5.74, 6) is -0.549. The largest absolute Gasteiger partial charge is 0.372 e. The van der Waals surface area contributed by atoms with Crippen LogP contribution in [0.4, 0.5) is 5.69 Å². The van der Waals surface area contributed by atoms with Gasteiger partial charge in [0.25, 0.3) is 0 Å². The van der Waals surface area contributed by atoms with Crippen LogP contribution in [-0.4, -0.2) is 51.6 Å². The second kappa shape index (κ2) is 8.02. The van der Waals surface area contributed by atoms with Crippen molar-refractivity contribution in [1.82, 2.24) is 4.90 Å². The number of hydrogen-bond donors (Lipinski definition) is 0. The number of imide groups is 1. The van der Waals surface area contributed by atoms with E-state index < -0.39 is 5.25 Å². The molecule has 0 aromatic heterocycles. The Labute approximate surface area is 171 Å². The van der Waals surface area contributed by atoms with Crippen LogP contribution in [0.1, 0.15) is 20.3 Å². The molecule has 2 amide bonds. The Balaban J connectivity index is 1.70. The van der Waals surface area contributed by atoms with Crippen molar-refractivity contribution in [3.8, 4) is 0 Å². The lowest BCUT2D eigenvalue weighted by Gasteiger charge is -2.36. The first-order valence-electron chi connectivity index (χ1n) is 8.19. The van der Waals surface area contributed by atoms with Crippen LogP contribution >= 0.6 is 47.2 Å². The second-order valence-corrected chi connectivity index (χ2v) is 9.06. The molecule has 0 bridgehead atoms. The normalized spacial score (nSPS) is 26.5. The third-order valence-corrected chi connectivity index (χ3v) is 6.59. The summed E-state index contributed by atoms with van der Waals surface area (Å²) in [5, 5.41) is 0.141. The van der Waals surface area contributed by atoms with Crippen LogP contribution in [0, 0.1) is 0 Å². The number of thioether (sulfide) groups is 1. The molecule has 2 saturated heterocycles. The molecule has 3 atom stereocenters. The lowest BCUT2D eigenvalue weighted by molar-refractivity contribution is -0.121. The highest BCUT2D eigenvalue weighted by atomic mass is 35.5. The minimum Gasteiger partial charge on any atom is -0.372 e. The van der Waals surface area contributed by atoms with Gasteiger partial charge in [-0.05, 0) is 32.0 Å². The zero-order valence-corrected chi connectivity index (χ0v) is 17.4. The highest BCUT2D eigenvalue weighted by Crippen LogP contribution is 2.34. The minimum absolute atomic E-state index is 0.0749. The smallest absolute Gasteiger partial charge is 0.247 e. The van der Waals surface area contributed by atoms with Gasteiger partial charge in [-0.2, -0.15) is 0 Å². The lowest BCUT2D eigenvalue weighted by Crippen LogP contribution is -2.47. The first-order chi connectivity index (χ1) is 12.3. The van der Waals surface area contributed by atoms with Crippen LogP contribution in [0.25, 0.3) is 0 Å². The highest BCUT2D eigenvalue weighted by Gasteiger charge is 2.41. The molecule has 2 aliphatic heterocycles. The van der Waals surface area contributed by atoms with Crippen molar-refractivity contribution in [3.63, 3.8) is 0 Å². The summed E-state index contributed by atoms with van der Waals surface area (Å²) < 4.78 is 6.33. The van der Waals surface area contributed by atoms with Crippen molar-refractivity contribution >= 4 is 69.0 Å². The number of anilines is 1. The molecule has 0 aliphatic carbocycles. The van der Waals surface area contributed by atoms with Crippen molar-refractivity contribution in [1.29, 1.82) is 0 Å². The number of hydrogen-bond acceptors (Lipinski definition) is 5. The maximum Gasteiger partial charge on any atom is 0.247 e. The summed E-state index contributed by atoms with van der Waals surface area (Å²) in [4.78, 5) is 28.4. The van der Waals surface area contributed by atoms with Crippen molar-refractivity contribution in [2.45, 2.75) is 37.7 Å². The summed E-state index contributed by atoms with van der Waals surface area (Å²) in [6, 6.07) is 4.71. The van der Waals surface area contributed by atoms with Crippen molar-refractivity contribution in [3.05, 3.63) is 28.2 Å². The zero-order valence-electron chi connectivity index (χ0n) is 14.3. The Morgan fingerprint density at radius 2 is 1.85 bits per heavy atom. The molecule has 0 radical (unpaired) electrons. The quantitative estimate of drug-likeness (QED) is 0.523. The Morgan fingerprint density at radius 1 is 1.19 bits per heavy atom. The van der Waals surface area contributed by atoms with Gasteiger partial charge < -0.3 is 9.64 Å². The molecule has 9 heteroatoms. The van der Waals surface area contributed by atoms with E-state index in [2.05, 4.69) is 0 Å². The van der Waals surface area contributed by atoms with E-state index in [1.807, 2.05) is 18.7 Å². The second-order valence-electron chi connectivity index (χ2n) is 6.40. The number of amides is 2. The molecule has 5 nitrogen and oxygen atoms in total. The Morgan fingerprint density at radius 3 is 2.46 bits per heavy atom. The summed E-state index contributed by atoms with van der Waals surface area (Å²) >= 11 is 18.7. The molecule has 2 aliphatic rings. The van der Waals surface area contributed by atoms with Crippen LogP contribution in [0.2, 0.25) is 10.0 Å². The third kappa shape index (κ3) is 4.17. The maximum atomic E-state index is 12.8. The summed E-state index contributed by atoms with van der Waals surface area (Å²) in [6.07, 6.45) is 0.260. The number of carbonyl (C=O) groups excluding carboxylic acids is 2.